The summed E-state index contributed by atoms with van der Waals surface area (Å²) < 4.78 is 38.5. The highest BCUT2D eigenvalue weighted by Gasteiger charge is 2.37. The van der Waals surface area contributed by atoms with Crippen LogP contribution in [0.2, 0.25) is 0 Å². The number of ketones is 1. The van der Waals surface area contributed by atoms with Crippen LogP contribution in [0.3, 0.4) is 0 Å². The van der Waals surface area contributed by atoms with Crippen molar-refractivity contribution < 1.29 is 18.0 Å². The number of aromatic amines is 1. The summed E-state index contributed by atoms with van der Waals surface area (Å²) in [6.45, 7) is 3.06. The summed E-state index contributed by atoms with van der Waals surface area (Å²) in [7, 11) is 0. The van der Waals surface area contributed by atoms with Gasteiger partial charge in [0.1, 0.15) is 5.69 Å². The van der Waals surface area contributed by atoms with Gasteiger partial charge in [-0.15, -0.1) is 0 Å². The minimum atomic E-state index is -4.55. The van der Waals surface area contributed by atoms with Crippen LogP contribution in [0.1, 0.15) is 35.5 Å². The van der Waals surface area contributed by atoms with Gasteiger partial charge in [-0.05, 0) is 31.0 Å². The summed E-state index contributed by atoms with van der Waals surface area (Å²) in [6, 6.07) is 4.97. The van der Waals surface area contributed by atoms with Crippen LogP contribution in [0.15, 0.2) is 18.2 Å². The Hall–Kier alpha value is -1.78. The van der Waals surface area contributed by atoms with Gasteiger partial charge >= 0.3 is 6.18 Å². The number of rotatable bonds is 2. The molecule has 18 heavy (non-hydrogen) atoms. The molecule has 2 aromatic rings. The highest BCUT2D eigenvalue weighted by Crippen LogP contribution is 2.36. The van der Waals surface area contributed by atoms with Crippen molar-refractivity contribution in [3.63, 3.8) is 0 Å². The number of hydrogen-bond acceptors (Lipinski definition) is 1. The molecule has 0 aliphatic carbocycles. The molecule has 0 amide bonds. The number of benzene rings is 1. The minimum Gasteiger partial charge on any atom is -0.350 e. The molecule has 0 fully saturated rings. The molecule has 2 rings (SSSR count). The van der Waals surface area contributed by atoms with E-state index in [4.69, 9.17) is 0 Å². The van der Waals surface area contributed by atoms with Crippen molar-refractivity contribution >= 4 is 16.7 Å². The van der Waals surface area contributed by atoms with Crippen molar-refractivity contribution in [2.75, 3.05) is 0 Å². The van der Waals surface area contributed by atoms with E-state index < -0.39 is 17.7 Å². The third-order valence-corrected chi connectivity index (χ3v) is 2.91. The molecule has 0 bridgehead atoms. The van der Waals surface area contributed by atoms with Gasteiger partial charge in [0.25, 0.3) is 0 Å². The predicted octanol–water partition coefficient (Wildman–Crippen LogP) is 3.95. The van der Waals surface area contributed by atoms with Crippen LogP contribution in [0, 0.1) is 0 Å². The van der Waals surface area contributed by atoms with Crippen molar-refractivity contribution in [1.29, 1.82) is 0 Å². The lowest BCUT2D eigenvalue weighted by molar-refractivity contribution is -0.140. The van der Waals surface area contributed by atoms with Gasteiger partial charge in [-0.1, -0.05) is 13.0 Å². The number of hydrogen-bond donors (Lipinski definition) is 1. The van der Waals surface area contributed by atoms with Crippen molar-refractivity contribution in [2.45, 2.75) is 26.4 Å². The van der Waals surface area contributed by atoms with Crippen LogP contribution in [-0.2, 0) is 12.6 Å². The Morgan fingerprint density at radius 3 is 2.50 bits per heavy atom. The molecule has 0 aliphatic heterocycles. The van der Waals surface area contributed by atoms with E-state index in [1.807, 2.05) is 6.92 Å². The Morgan fingerprint density at radius 2 is 2.00 bits per heavy atom. The number of carbonyl (C=O) groups is 1. The second-order valence-electron chi connectivity index (χ2n) is 4.16. The monoisotopic (exact) mass is 255 g/mol. The second-order valence-corrected chi connectivity index (χ2v) is 4.16. The van der Waals surface area contributed by atoms with Crippen LogP contribution in [-0.4, -0.2) is 10.8 Å². The maximum atomic E-state index is 12.8. The predicted molar refractivity (Wildman–Crippen MR) is 62.7 cm³/mol. The van der Waals surface area contributed by atoms with Crippen molar-refractivity contribution in [2.24, 2.45) is 0 Å². The Kier molecular flexibility index (Phi) is 2.92. The van der Waals surface area contributed by atoms with Crippen LogP contribution in [0.25, 0.3) is 10.9 Å². The number of fused-ring (bicyclic) bond motifs is 1. The summed E-state index contributed by atoms with van der Waals surface area (Å²) in [5.41, 5.74) is 0.00787. The Labute approximate surface area is 102 Å². The number of halogens is 3. The second kappa shape index (κ2) is 4.15. The van der Waals surface area contributed by atoms with Gasteiger partial charge in [0.15, 0.2) is 5.78 Å². The van der Waals surface area contributed by atoms with Crippen LogP contribution in [0.5, 0.6) is 0 Å². The first-order chi connectivity index (χ1) is 8.34. The molecule has 1 aromatic heterocycles. The zero-order valence-corrected chi connectivity index (χ0v) is 9.98. The molecule has 0 saturated heterocycles. The number of aryl methyl sites for hydroxylation is 1. The third-order valence-electron chi connectivity index (χ3n) is 2.91. The first-order valence-corrected chi connectivity index (χ1v) is 5.57. The number of alkyl halides is 3. The Balaban J connectivity index is 2.81. The van der Waals surface area contributed by atoms with Gasteiger partial charge < -0.3 is 4.98 Å². The van der Waals surface area contributed by atoms with Crippen LogP contribution in [0.4, 0.5) is 13.2 Å². The zero-order chi connectivity index (χ0) is 13.5. The van der Waals surface area contributed by atoms with Gasteiger partial charge in [0, 0.05) is 10.9 Å². The Morgan fingerprint density at radius 1 is 1.33 bits per heavy atom. The maximum Gasteiger partial charge on any atom is 0.431 e. The highest BCUT2D eigenvalue weighted by atomic mass is 19.4. The van der Waals surface area contributed by atoms with E-state index in [2.05, 4.69) is 4.98 Å². The molecule has 96 valence electrons. The fourth-order valence-corrected chi connectivity index (χ4v) is 2.04. The first kappa shape index (κ1) is 12.7. The molecular formula is C13H12F3NO. The lowest BCUT2D eigenvalue weighted by Gasteiger charge is -2.05. The maximum absolute atomic E-state index is 12.8. The summed E-state index contributed by atoms with van der Waals surface area (Å²) in [4.78, 5) is 13.8. The number of nitrogens with one attached hydrogen (secondary N) is 1. The largest absolute Gasteiger partial charge is 0.431 e. The van der Waals surface area contributed by atoms with E-state index in [1.165, 1.54) is 0 Å². The number of Topliss-reactive ketones (excluding diaryl/α,β-unsaturated/α-hetero) is 1. The summed E-state index contributed by atoms with van der Waals surface area (Å²) in [5, 5.41) is 0.342. The van der Waals surface area contributed by atoms with Gasteiger partial charge in [0.2, 0.25) is 0 Å². The van der Waals surface area contributed by atoms with Crippen molar-refractivity contribution in [3.8, 4) is 0 Å². The molecule has 5 heteroatoms. The fourth-order valence-electron chi connectivity index (χ4n) is 2.04. The molecule has 1 aromatic carbocycles. The number of H-pyrrole nitrogens is 1. The smallest absolute Gasteiger partial charge is 0.350 e. The summed E-state index contributed by atoms with van der Waals surface area (Å²) in [5.74, 6) is -0.582. The molecule has 0 saturated carbocycles. The summed E-state index contributed by atoms with van der Waals surface area (Å²) >= 11 is 0. The quantitative estimate of drug-likeness (QED) is 0.810. The molecule has 0 spiro atoms. The molecule has 0 atom stereocenters. The first-order valence-electron chi connectivity index (χ1n) is 5.57. The topological polar surface area (TPSA) is 32.9 Å². The SMILES string of the molecule is CCc1ccc2[nH]c(C(F)(F)F)c(C(C)=O)c2c1. The Bertz CT molecular complexity index is 610. The average Bonchev–Trinajstić information content (AvgIpc) is 2.66. The zero-order valence-electron chi connectivity index (χ0n) is 9.98. The van der Waals surface area contributed by atoms with Gasteiger partial charge in [-0.25, -0.2) is 0 Å². The highest BCUT2D eigenvalue weighted by molar-refractivity contribution is 6.08. The molecular weight excluding hydrogens is 243 g/mol. The lowest BCUT2D eigenvalue weighted by atomic mass is 10.0. The number of carbonyl (C=O) groups excluding carboxylic acids is 1. The fraction of sp³-hybridized carbons (Fsp3) is 0.308. The molecule has 0 aliphatic rings. The molecule has 1 heterocycles. The lowest BCUT2D eigenvalue weighted by Crippen LogP contribution is -2.10. The normalized spacial score (nSPS) is 12.1. The van der Waals surface area contributed by atoms with E-state index in [-0.39, 0.29) is 5.56 Å². The van der Waals surface area contributed by atoms with Crippen LogP contribution >= 0.6 is 0 Å². The van der Waals surface area contributed by atoms with E-state index in [9.17, 15) is 18.0 Å². The average molecular weight is 255 g/mol. The minimum absolute atomic E-state index is 0.271. The van der Waals surface area contributed by atoms with E-state index in [0.717, 1.165) is 12.5 Å². The van der Waals surface area contributed by atoms with E-state index in [0.29, 0.717) is 17.3 Å². The standard InChI is InChI=1S/C13H12F3NO/c1-3-8-4-5-10-9(6-8)11(7(2)18)12(17-10)13(14,15)16/h4-6,17H,3H2,1-2H3. The summed E-state index contributed by atoms with van der Waals surface area (Å²) in [6.07, 6.45) is -3.84. The molecule has 0 unspecified atom stereocenters. The molecule has 1 N–H and O–H groups in total. The molecule has 0 radical (unpaired) electrons. The third kappa shape index (κ3) is 2.00. The van der Waals surface area contributed by atoms with E-state index >= 15 is 0 Å². The van der Waals surface area contributed by atoms with Crippen LogP contribution < -0.4 is 0 Å². The van der Waals surface area contributed by atoms with Gasteiger partial charge in [0.05, 0.1) is 5.56 Å². The van der Waals surface area contributed by atoms with Crippen molar-refractivity contribution in [3.05, 3.63) is 35.0 Å². The number of aromatic nitrogens is 1. The van der Waals surface area contributed by atoms with E-state index in [1.54, 1.807) is 18.2 Å². The van der Waals surface area contributed by atoms with Gasteiger partial charge in [-0.3, -0.25) is 4.79 Å². The van der Waals surface area contributed by atoms with Crippen molar-refractivity contribution in [1.82, 2.24) is 4.98 Å². The molecule has 2 nitrogen and oxygen atoms in total. The van der Waals surface area contributed by atoms with Gasteiger partial charge in [-0.2, -0.15) is 13.2 Å².